The number of nitrogens with zero attached hydrogens (tertiary/aromatic N) is 1. The Kier molecular flexibility index (Phi) is 5.83. The molecule has 154 valence electrons. The molecule has 0 amide bonds. The highest BCUT2D eigenvalue weighted by Crippen LogP contribution is 2.58. The second kappa shape index (κ2) is 7.54. The number of halogens is 1. The van der Waals surface area contributed by atoms with Crippen LogP contribution in [0.2, 0.25) is 0 Å². The summed E-state index contributed by atoms with van der Waals surface area (Å²) in [5, 5.41) is 20.0. The average molecular weight is 453 g/mol. The number of hydrogen-bond donors (Lipinski definition) is 6. The van der Waals surface area contributed by atoms with Crippen molar-refractivity contribution in [3.63, 3.8) is 0 Å². The molecule has 2 heterocycles. The van der Waals surface area contributed by atoms with E-state index in [0.717, 1.165) is 6.20 Å². The number of ether oxygens (including phenoxy) is 1. The van der Waals surface area contributed by atoms with Gasteiger partial charge in [-0.1, -0.05) is 0 Å². The van der Waals surface area contributed by atoms with Crippen molar-refractivity contribution >= 4 is 27.9 Å². The molecular formula is C10H15FN2O11P2S. The largest absolute Gasteiger partial charge is 0.481 e. The van der Waals surface area contributed by atoms with Crippen molar-refractivity contribution in [1.82, 2.24) is 9.55 Å². The van der Waals surface area contributed by atoms with Gasteiger partial charge in [-0.15, -0.1) is 0 Å². The van der Waals surface area contributed by atoms with Crippen LogP contribution in [0.15, 0.2) is 11.0 Å². The molecule has 1 aliphatic rings. The van der Waals surface area contributed by atoms with E-state index in [0.29, 0.717) is 4.57 Å². The quantitative estimate of drug-likeness (QED) is 0.235. The summed E-state index contributed by atoms with van der Waals surface area (Å²) in [6.45, 7) is -0.367. The Hall–Kier alpha value is -0.830. The predicted molar refractivity (Wildman–Crippen MR) is 85.5 cm³/mol. The standard InChI is InChI=1S/C10H15FN2O11P2S/c1-4-2-13(9(27)12-7(4)16)8-5(14)6(15)10(11,23-8)3-22-26(20,21)24-25(17,18)19/h2,5-6,8,14-15H,3H2,1H3,(H,20,21)(H,12,16,27)(H2,17,18,19)/t5-,6+,8-,10-/m1/s1/i8D. The van der Waals surface area contributed by atoms with Gasteiger partial charge in [0.25, 0.3) is 11.4 Å². The summed E-state index contributed by atoms with van der Waals surface area (Å²) in [6, 6.07) is 0. The van der Waals surface area contributed by atoms with E-state index in [4.69, 9.17) is 28.1 Å². The number of aliphatic hydroxyl groups excluding tert-OH is 2. The normalized spacial score (nSPS) is 34.3. The second-order valence-corrected chi connectivity index (χ2v) is 8.59. The lowest BCUT2D eigenvalue weighted by Crippen LogP contribution is -2.42. The zero-order chi connectivity index (χ0) is 21.7. The molecule has 1 aromatic heterocycles. The molecule has 13 nitrogen and oxygen atoms in total. The molecule has 2 rings (SSSR count). The minimum absolute atomic E-state index is 0.00646. The number of rotatable bonds is 6. The molecule has 1 unspecified atom stereocenters. The van der Waals surface area contributed by atoms with E-state index in [1.54, 1.807) is 0 Å². The topological polar surface area (TPSA) is 201 Å². The van der Waals surface area contributed by atoms with Gasteiger partial charge in [-0.3, -0.25) is 18.9 Å². The SMILES string of the molecule is [2H][C@@]1(n2cc(C)c(=O)[nH]c2=S)O[C@](F)(COP(=O)(O)OP(=O)(O)O)[C@@H](O)[C@H]1O. The number of aromatic nitrogens is 2. The van der Waals surface area contributed by atoms with Crippen molar-refractivity contribution < 1.29 is 53.4 Å². The highest BCUT2D eigenvalue weighted by molar-refractivity contribution is 7.71. The number of aryl methyl sites for hydroxylation is 1. The van der Waals surface area contributed by atoms with Crippen molar-refractivity contribution in [2.24, 2.45) is 0 Å². The lowest BCUT2D eigenvalue weighted by Gasteiger charge is -2.24. The molecule has 0 spiro atoms. The van der Waals surface area contributed by atoms with Crippen LogP contribution >= 0.6 is 27.9 Å². The van der Waals surface area contributed by atoms with Crippen molar-refractivity contribution in [3.05, 3.63) is 26.9 Å². The summed E-state index contributed by atoms with van der Waals surface area (Å²) < 4.78 is 57.5. The van der Waals surface area contributed by atoms with E-state index in [2.05, 4.69) is 13.8 Å². The number of phosphoric ester groups is 1. The summed E-state index contributed by atoms with van der Waals surface area (Å²) in [5.74, 6) is -3.50. The van der Waals surface area contributed by atoms with Crippen LogP contribution in [0, 0.1) is 11.7 Å². The zero-order valence-corrected chi connectivity index (χ0v) is 15.9. The van der Waals surface area contributed by atoms with Crippen molar-refractivity contribution in [2.75, 3.05) is 6.61 Å². The van der Waals surface area contributed by atoms with E-state index in [9.17, 15) is 33.4 Å². The van der Waals surface area contributed by atoms with Gasteiger partial charge in [-0.25, -0.2) is 13.5 Å². The Morgan fingerprint density at radius 2 is 2.07 bits per heavy atom. The Morgan fingerprint density at radius 3 is 2.63 bits per heavy atom. The van der Waals surface area contributed by atoms with Gasteiger partial charge in [-0.2, -0.15) is 4.31 Å². The molecule has 0 aromatic carbocycles. The first-order chi connectivity index (χ1) is 12.5. The summed E-state index contributed by atoms with van der Waals surface area (Å²) in [5.41, 5.74) is -0.642. The van der Waals surface area contributed by atoms with Crippen molar-refractivity contribution in [3.8, 4) is 0 Å². The van der Waals surface area contributed by atoms with Gasteiger partial charge in [-0.05, 0) is 19.1 Å². The first kappa shape index (κ1) is 20.9. The van der Waals surface area contributed by atoms with E-state index in [1.165, 1.54) is 6.92 Å². The van der Waals surface area contributed by atoms with Gasteiger partial charge in [0.15, 0.2) is 11.0 Å². The van der Waals surface area contributed by atoms with Crippen LogP contribution < -0.4 is 5.56 Å². The summed E-state index contributed by atoms with van der Waals surface area (Å²) >= 11 is 4.83. The molecule has 17 heteroatoms. The Morgan fingerprint density at radius 1 is 1.48 bits per heavy atom. The number of nitrogens with one attached hydrogen (secondary N) is 1. The van der Waals surface area contributed by atoms with Gasteiger partial charge >= 0.3 is 15.6 Å². The molecule has 0 radical (unpaired) electrons. The van der Waals surface area contributed by atoms with Gasteiger partial charge in [0.2, 0.25) is 0 Å². The summed E-state index contributed by atoms with van der Waals surface area (Å²) in [4.78, 5) is 39.9. The van der Waals surface area contributed by atoms with Gasteiger partial charge in [0.1, 0.15) is 18.8 Å². The number of aromatic amines is 1. The summed E-state index contributed by atoms with van der Waals surface area (Å²) in [7, 11) is -11.0. The third kappa shape index (κ3) is 5.16. The number of aliphatic hydroxyl groups is 2. The summed E-state index contributed by atoms with van der Waals surface area (Å²) in [6.07, 6.45) is -6.76. The fraction of sp³-hybridized carbons (Fsp3) is 0.600. The third-order valence-corrected chi connectivity index (χ3v) is 5.69. The van der Waals surface area contributed by atoms with Crippen molar-refractivity contribution in [2.45, 2.75) is 31.2 Å². The van der Waals surface area contributed by atoms with Crippen LogP contribution in [0.3, 0.4) is 0 Å². The Labute approximate surface area is 156 Å². The monoisotopic (exact) mass is 453 g/mol. The highest BCUT2D eigenvalue weighted by Gasteiger charge is 2.57. The average Bonchev–Trinajstić information content (AvgIpc) is 2.69. The first-order valence-corrected chi connectivity index (χ1v) is 10.3. The number of alkyl halides is 1. The molecular weight excluding hydrogens is 437 g/mol. The molecule has 1 aromatic rings. The molecule has 5 atom stereocenters. The smallest absolute Gasteiger partial charge is 0.385 e. The second-order valence-electron chi connectivity index (χ2n) is 5.37. The van der Waals surface area contributed by atoms with Crippen LogP contribution in [0.25, 0.3) is 0 Å². The van der Waals surface area contributed by atoms with Crippen LogP contribution in [0.5, 0.6) is 0 Å². The predicted octanol–water partition coefficient (Wildman–Crippen LogP) is -0.643. The van der Waals surface area contributed by atoms with Gasteiger partial charge in [0.05, 0.1) is 1.37 Å². The number of phosphoric acid groups is 2. The van der Waals surface area contributed by atoms with E-state index < -0.39 is 56.8 Å². The fourth-order valence-electron chi connectivity index (χ4n) is 2.03. The maximum absolute atomic E-state index is 14.9. The maximum Gasteiger partial charge on any atom is 0.481 e. The van der Waals surface area contributed by atoms with Crippen LogP contribution in [-0.2, 0) is 22.7 Å². The number of H-pyrrole nitrogens is 1. The van der Waals surface area contributed by atoms with Crippen LogP contribution in [0.1, 0.15) is 13.1 Å². The van der Waals surface area contributed by atoms with Crippen molar-refractivity contribution in [1.29, 1.82) is 0 Å². The molecule has 6 N–H and O–H groups in total. The van der Waals surface area contributed by atoms with E-state index in [-0.39, 0.29) is 5.56 Å². The molecule has 1 fully saturated rings. The maximum atomic E-state index is 14.9. The van der Waals surface area contributed by atoms with Crippen LogP contribution in [0.4, 0.5) is 4.39 Å². The van der Waals surface area contributed by atoms with Gasteiger partial charge < -0.3 is 29.6 Å². The Bertz CT molecular complexity index is 983. The molecule has 0 saturated carbocycles. The van der Waals surface area contributed by atoms with E-state index >= 15 is 0 Å². The highest BCUT2D eigenvalue weighted by atomic mass is 32.1. The molecule has 0 bridgehead atoms. The minimum atomic E-state index is -5.50. The van der Waals surface area contributed by atoms with E-state index in [1.807, 2.05) is 0 Å². The number of hydrogen-bond acceptors (Lipinski definition) is 9. The molecule has 27 heavy (non-hydrogen) atoms. The third-order valence-electron chi connectivity index (χ3n) is 3.26. The molecule has 1 aliphatic heterocycles. The van der Waals surface area contributed by atoms with Crippen LogP contribution in [-0.4, -0.2) is 59.1 Å². The zero-order valence-electron chi connectivity index (χ0n) is 14.3. The lowest BCUT2D eigenvalue weighted by atomic mass is 10.1. The fourth-order valence-corrected chi connectivity index (χ4v) is 3.87. The molecule has 0 aliphatic carbocycles. The minimum Gasteiger partial charge on any atom is -0.385 e. The Balaban J connectivity index is 2.34. The van der Waals surface area contributed by atoms with Gasteiger partial charge in [0, 0.05) is 11.8 Å². The first-order valence-electron chi connectivity index (χ1n) is 7.33. The lowest BCUT2D eigenvalue weighted by molar-refractivity contribution is -0.204. The molecule has 1 saturated heterocycles.